The lowest BCUT2D eigenvalue weighted by Crippen LogP contribution is -2.45. The third-order valence-corrected chi connectivity index (χ3v) is 4.33. The lowest BCUT2D eigenvalue weighted by molar-refractivity contribution is 0.321. The quantitative estimate of drug-likeness (QED) is 0.584. The summed E-state index contributed by atoms with van der Waals surface area (Å²) in [6.45, 7) is 8.28. The number of methoxy groups -OCH3 is 2. The second-order valence-electron chi connectivity index (χ2n) is 6.93. The summed E-state index contributed by atoms with van der Waals surface area (Å²) >= 11 is 0. The molecule has 0 aromatic heterocycles. The maximum Gasteiger partial charge on any atom is 0.191 e. The first-order chi connectivity index (χ1) is 12.0. The van der Waals surface area contributed by atoms with E-state index in [9.17, 15) is 0 Å². The van der Waals surface area contributed by atoms with E-state index in [2.05, 4.69) is 46.5 Å². The zero-order valence-electron chi connectivity index (χ0n) is 16.1. The molecule has 1 atom stereocenters. The molecule has 1 unspecified atom stereocenters. The molecule has 1 aliphatic heterocycles. The highest BCUT2D eigenvalue weighted by Gasteiger charge is 2.23. The number of benzene rings is 1. The van der Waals surface area contributed by atoms with Crippen molar-refractivity contribution in [1.82, 2.24) is 15.5 Å². The van der Waals surface area contributed by atoms with E-state index in [0.717, 1.165) is 50.1 Å². The molecule has 1 heterocycles. The van der Waals surface area contributed by atoms with Crippen molar-refractivity contribution in [1.29, 1.82) is 0 Å². The Bertz CT molecular complexity index is 552. The van der Waals surface area contributed by atoms with E-state index in [0.29, 0.717) is 12.0 Å². The molecule has 1 saturated heterocycles. The van der Waals surface area contributed by atoms with Gasteiger partial charge in [-0.05, 0) is 30.0 Å². The van der Waals surface area contributed by atoms with Crippen LogP contribution in [-0.2, 0) is 6.54 Å². The first-order valence-electron chi connectivity index (χ1n) is 8.95. The van der Waals surface area contributed by atoms with Gasteiger partial charge in [0.2, 0.25) is 0 Å². The van der Waals surface area contributed by atoms with E-state index in [1.807, 2.05) is 13.1 Å². The van der Waals surface area contributed by atoms with Crippen LogP contribution in [0.2, 0.25) is 0 Å². The van der Waals surface area contributed by atoms with Gasteiger partial charge in [-0.1, -0.05) is 13.8 Å². The Morgan fingerprint density at radius 2 is 1.92 bits per heavy atom. The SMILES string of the molecule is CN=C(NCC(C)C)NC1CCN(Cc2cc(OC)cc(OC)c2)C1. The van der Waals surface area contributed by atoms with Crippen molar-refractivity contribution in [3.8, 4) is 11.5 Å². The van der Waals surface area contributed by atoms with Crippen molar-refractivity contribution < 1.29 is 9.47 Å². The number of guanidine groups is 1. The van der Waals surface area contributed by atoms with Gasteiger partial charge in [-0.2, -0.15) is 0 Å². The molecular formula is C19H32N4O2. The van der Waals surface area contributed by atoms with Crippen LogP contribution in [0.25, 0.3) is 0 Å². The normalized spacial score (nSPS) is 18.5. The summed E-state index contributed by atoms with van der Waals surface area (Å²) in [6, 6.07) is 6.48. The standard InChI is InChI=1S/C19H32N4O2/c1-14(2)11-21-19(20-3)22-16-6-7-23(13-16)12-15-8-17(24-4)10-18(9-15)25-5/h8-10,14,16H,6-7,11-13H2,1-5H3,(H2,20,21,22). The van der Waals surface area contributed by atoms with Gasteiger partial charge in [-0.3, -0.25) is 9.89 Å². The van der Waals surface area contributed by atoms with Crippen molar-refractivity contribution in [3.63, 3.8) is 0 Å². The summed E-state index contributed by atoms with van der Waals surface area (Å²) in [6.07, 6.45) is 1.11. The lowest BCUT2D eigenvalue weighted by atomic mass is 10.2. The molecule has 25 heavy (non-hydrogen) atoms. The fourth-order valence-electron chi connectivity index (χ4n) is 3.00. The van der Waals surface area contributed by atoms with Crippen LogP contribution in [0.3, 0.4) is 0 Å². The Morgan fingerprint density at radius 1 is 1.24 bits per heavy atom. The van der Waals surface area contributed by atoms with E-state index in [1.54, 1.807) is 14.2 Å². The molecule has 0 saturated carbocycles. The van der Waals surface area contributed by atoms with Gasteiger partial charge in [0.05, 0.1) is 14.2 Å². The van der Waals surface area contributed by atoms with Crippen molar-refractivity contribution in [2.24, 2.45) is 10.9 Å². The van der Waals surface area contributed by atoms with Gasteiger partial charge < -0.3 is 20.1 Å². The second kappa shape index (κ2) is 9.51. The number of nitrogens with zero attached hydrogens (tertiary/aromatic N) is 2. The van der Waals surface area contributed by atoms with Crippen LogP contribution in [0.4, 0.5) is 0 Å². The largest absolute Gasteiger partial charge is 0.497 e. The summed E-state index contributed by atoms with van der Waals surface area (Å²) in [5.74, 6) is 3.16. The minimum Gasteiger partial charge on any atom is -0.497 e. The third-order valence-electron chi connectivity index (χ3n) is 4.33. The van der Waals surface area contributed by atoms with Gasteiger partial charge in [0.1, 0.15) is 11.5 Å². The van der Waals surface area contributed by atoms with Crippen LogP contribution in [0.1, 0.15) is 25.8 Å². The number of ether oxygens (including phenoxy) is 2. The Labute approximate surface area is 151 Å². The van der Waals surface area contributed by atoms with Gasteiger partial charge >= 0.3 is 0 Å². The number of hydrogen-bond acceptors (Lipinski definition) is 4. The van der Waals surface area contributed by atoms with Crippen molar-refractivity contribution >= 4 is 5.96 Å². The Hall–Kier alpha value is -1.95. The summed E-state index contributed by atoms with van der Waals surface area (Å²) in [4.78, 5) is 6.77. The van der Waals surface area contributed by atoms with Gasteiger partial charge in [0, 0.05) is 45.3 Å². The maximum absolute atomic E-state index is 5.36. The molecule has 0 aliphatic carbocycles. The number of aliphatic imine (C=N–C) groups is 1. The van der Waals surface area contributed by atoms with Crippen LogP contribution in [-0.4, -0.2) is 57.8 Å². The van der Waals surface area contributed by atoms with Crippen molar-refractivity contribution in [2.75, 3.05) is 40.9 Å². The van der Waals surface area contributed by atoms with E-state index < -0.39 is 0 Å². The first kappa shape index (κ1) is 19.4. The zero-order chi connectivity index (χ0) is 18.2. The van der Waals surface area contributed by atoms with Gasteiger partial charge in [0.25, 0.3) is 0 Å². The Balaban J connectivity index is 1.88. The molecule has 140 valence electrons. The van der Waals surface area contributed by atoms with E-state index in [-0.39, 0.29) is 0 Å². The lowest BCUT2D eigenvalue weighted by Gasteiger charge is -2.20. The van der Waals surface area contributed by atoms with Crippen LogP contribution < -0.4 is 20.1 Å². The van der Waals surface area contributed by atoms with E-state index in [1.165, 1.54) is 5.56 Å². The molecule has 0 bridgehead atoms. The number of hydrogen-bond donors (Lipinski definition) is 2. The highest BCUT2D eigenvalue weighted by molar-refractivity contribution is 5.80. The molecule has 2 rings (SSSR count). The van der Waals surface area contributed by atoms with Crippen molar-refractivity contribution in [3.05, 3.63) is 23.8 Å². The first-order valence-corrected chi connectivity index (χ1v) is 8.95. The average Bonchev–Trinajstić information content (AvgIpc) is 3.04. The zero-order valence-corrected chi connectivity index (χ0v) is 16.1. The minimum atomic E-state index is 0.422. The molecule has 0 spiro atoms. The van der Waals surface area contributed by atoms with Gasteiger partial charge in [-0.25, -0.2) is 0 Å². The Kier molecular flexibility index (Phi) is 7.37. The molecule has 1 aromatic carbocycles. The van der Waals surface area contributed by atoms with Crippen molar-refractivity contribution in [2.45, 2.75) is 32.9 Å². The Morgan fingerprint density at radius 3 is 2.48 bits per heavy atom. The van der Waals surface area contributed by atoms with Gasteiger partial charge in [0.15, 0.2) is 5.96 Å². The molecule has 0 radical (unpaired) electrons. The molecule has 1 aliphatic rings. The van der Waals surface area contributed by atoms with Crippen LogP contribution >= 0.6 is 0 Å². The number of nitrogens with one attached hydrogen (secondary N) is 2. The van der Waals surface area contributed by atoms with Crippen LogP contribution in [0, 0.1) is 5.92 Å². The summed E-state index contributed by atoms with van der Waals surface area (Å²) in [5, 5.41) is 6.91. The summed E-state index contributed by atoms with van der Waals surface area (Å²) < 4.78 is 10.7. The fraction of sp³-hybridized carbons (Fsp3) is 0.632. The molecule has 0 amide bonds. The van der Waals surface area contributed by atoms with E-state index >= 15 is 0 Å². The predicted octanol–water partition coefficient (Wildman–Crippen LogP) is 2.10. The molecule has 6 nitrogen and oxygen atoms in total. The van der Waals surface area contributed by atoms with Crippen LogP contribution in [0.5, 0.6) is 11.5 Å². The molecule has 1 fully saturated rings. The van der Waals surface area contributed by atoms with E-state index in [4.69, 9.17) is 9.47 Å². The molecular weight excluding hydrogens is 316 g/mol. The highest BCUT2D eigenvalue weighted by Crippen LogP contribution is 2.24. The third kappa shape index (κ3) is 6.12. The number of likely N-dealkylation sites (tertiary alicyclic amines) is 1. The highest BCUT2D eigenvalue weighted by atomic mass is 16.5. The topological polar surface area (TPSA) is 58.1 Å². The predicted molar refractivity (Wildman–Crippen MR) is 103 cm³/mol. The second-order valence-corrected chi connectivity index (χ2v) is 6.93. The summed E-state index contributed by atoms with van der Waals surface area (Å²) in [5.41, 5.74) is 1.21. The monoisotopic (exact) mass is 348 g/mol. The molecule has 6 heteroatoms. The fourth-order valence-corrected chi connectivity index (χ4v) is 3.00. The van der Waals surface area contributed by atoms with Crippen LogP contribution in [0.15, 0.2) is 23.2 Å². The molecule has 2 N–H and O–H groups in total. The molecule has 1 aromatic rings. The summed E-state index contributed by atoms with van der Waals surface area (Å²) in [7, 11) is 5.19. The van der Waals surface area contributed by atoms with Gasteiger partial charge in [-0.15, -0.1) is 0 Å². The number of rotatable bonds is 7. The average molecular weight is 348 g/mol. The smallest absolute Gasteiger partial charge is 0.191 e. The maximum atomic E-state index is 5.36. The minimum absolute atomic E-state index is 0.422.